The van der Waals surface area contributed by atoms with Gasteiger partial charge in [-0.25, -0.2) is 4.98 Å². The van der Waals surface area contributed by atoms with Gasteiger partial charge in [0.25, 0.3) is 11.5 Å². The van der Waals surface area contributed by atoms with Crippen LogP contribution in [0.25, 0.3) is 10.9 Å². The fraction of sp³-hybridized carbons (Fsp3) is 0.238. The van der Waals surface area contributed by atoms with Crippen molar-refractivity contribution in [2.24, 2.45) is 0 Å². The van der Waals surface area contributed by atoms with E-state index in [-0.39, 0.29) is 17.2 Å². The maximum Gasteiger partial charge on any atom is 0.262 e. The summed E-state index contributed by atoms with van der Waals surface area (Å²) in [5.74, 6) is 0.101. The summed E-state index contributed by atoms with van der Waals surface area (Å²) in [7, 11) is 0. The summed E-state index contributed by atoms with van der Waals surface area (Å²) in [6.45, 7) is 2.96. The van der Waals surface area contributed by atoms with Crippen molar-refractivity contribution in [3.8, 4) is 6.07 Å². The van der Waals surface area contributed by atoms with E-state index in [4.69, 9.17) is 5.26 Å². The molecular formula is C21H20N4O2S. The second-order valence-electron chi connectivity index (χ2n) is 6.20. The molecule has 0 aliphatic rings. The third-order valence-electron chi connectivity index (χ3n) is 4.18. The van der Waals surface area contributed by atoms with Crippen LogP contribution in [0.1, 0.15) is 29.3 Å². The van der Waals surface area contributed by atoms with Crippen molar-refractivity contribution < 1.29 is 4.79 Å². The van der Waals surface area contributed by atoms with E-state index < -0.39 is 0 Å². The maximum atomic E-state index is 13.0. The monoisotopic (exact) mass is 392 g/mol. The number of amides is 1. The van der Waals surface area contributed by atoms with Crippen molar-refractivity contribution in [2.75, 3.05) is 12.3 Å². The van der Waals surface area contributed by atoms with Gasteiger partial charge >= 0.3 is 0 Å². The Morgan fingerprint density at radius 3 is 2.68 bits per heavy atom. The zero-order valence-corrected chi connectivity index (χ0v) is 16.3. The number of nitrogens with zero attached hydrogens (tertiary/aromatic N) is 3. The van der Waals surface area contributed by atoms with Crippen LogP contribution in [0.3, 0.4) is 0 Å². The van der Waals surface area contributed by atoms with Gasteiger partial charge in [-0.15, -0.1) is 0 Å². The first kappa shape index (κ1) is 19.6. The Balaban J connectivity index is 1.92. The van der Waals surface area contributed by atoms with Crippen molar-refractivity contribution >= 4 is 28.6 Å². The lowest BCUT2D eigenvalue weighted by Gasteiger charge is -2.13. The maximum absolute atomic E-state index is 13.0. The minimum Gasteiger partial charge on any atom is -0.352 e. The van der Waals surface area contributed by atoms with Gasteiger partial charge in [-0.3, -0.25) is 14.2 Å². The summed E-state index contributed by atoms with van der Waals surface area (Å²) in [6, 6.07) is 16.4. The Morgan fingerprint density at radius 1 is 1.21 bits per heavy atom. The molecule has 0 unspecified atom stereocenters. The molecule has 7 heteroatoms. The third kappa shape index (κ3) is 4.41. The molecule has 3 aromatic rings. The summed E-state index contributed by atoms with van der Waals surface area (Å²) in [6.07, 6.45) is 0.880. The van der Waals surface area contributed by atoms with Gasteiger partial charge in [-0.05, 0) is 36.2 Å². The molecule has 1 amide bonds. The van der Waals surface area contributed by atoms with Crippen LogP contribution in [0.15, 0.2) is 58.5 Å². The number of benzene rings is 2. The van der Waals surface area contributed by atoms with Crippen molar-refractivity contribution in [1.29, 1.82) is 5.26 Å². The minimum absolute atomic E-state index is 0.108. The molecule has 3 rings (SSSR count). The average molecular weight is 392 g/mol. The Kier molecular flexibility index (Phi) is 6.45. The SMILES string of the molecule is CCCNC(=O)c1ccc(Cn2c(SCC#N)nc3ccccc3c2=O)cc1. The molecule has 0 radical (unpaired) electrons. The fourth-order valence-electron chi connectivity index (χ4n) is 2.78. The smallest absolute Gasteiger partial charge is 0.262 e. The standard InChI is InChI=1S/C21H20N4O2S/c1-2-12-23-19(26)16-9-7-15(8-10-16)14-25-20(27)17-5-3-4-6-18(17)24-21(25)28-13-11-22/h3-10H,2,12-14H2,1H3,(H,23,26). The molecule has 1 N–H and O–H groups in total. The number of carbonyl (C=O) groups is 1. The number of rotatable bonds is 7. The summed E-state index contributed by atoms with van der Waals surface area (Å²) in [5, 5.41) is 12.8. The van der Waals surface area contributed by atoms with Gasteiger partial charge in [0.15, 0.2) is 5.16 Å². The van der Waals surface area contributed by atoms with Crippen molar-refractivity contribution in [1.82, 2.24) is 14.9 Å². The largest absolute Gasteiger partial charge is 0.352 e. The Morgan fingerprint density at radius 2 is 1.96 bits per heavy atom. The van der Waals surface area contributed by atoms with Crippen LogP contribution in [0.2, 0.25) is 0 Å². The lowest BCUT2D eigenvalue weighted by Crippen LogP contribution is -2.25. The van der Waals surface area contributed by atoms with E-state index in [0.29, 0.717) is 34.7 Å². The predicted molar refractivity (Wildman–Crippen MR) is 111 cm³/mol. The summed E-state index contributed by atoms with van der Waals surface area (Å²) >= 11 is 1.24. The van der Waals surface area contributed by atoms with Crippen LogP contribution < -0.4 is 10.9 Å². The van der Waals surface area contributed by atoms with Gasteiger partial charge in [-0.1, -0.05) is 43.0 Å². The molecule has 0 fully saturated rings. The van der Waals surface area contributed by atoms with Crippen LogP contribution in [0.5, 0.6) is 0 Å². The Hall–Kier alpha value is -3.11. The molecule has 28 heavy (non-hydrogen) atoms. The quantitative estimate of drug-likeness (QED) is 0.493. The van der Waals surface area contributed by atoms with E-state index in [1.807, 2.05) is 31.2 Å². The summed E-state index contributed by atoms with van der Waals surface area (Å²) in [4.78, 5) is 29.6. The van der Waals surface area contributed by atoms with Crippen LogP contribution >= 0.6 is 11.8 Å². The lowest BCUT2D eigenvalue weighted by molar-refractivity contribution is 0.0953. The molecule has 1 heterocycles. The molecular weight excluding hydrogens is 372 g/mol. The van der Waals surface area contributed by atoms with Crippen molar-refractivity contribution in [3.05, 3.63) is 70.0 Å². The molecule has 6 nitrogen and oxygen atoms in total. The number of aromatic nitrogens is 2. The van der Waals surface area contributed by atoms with E-state index in [1.165, 1.54) is 11.8 Å². The normalized spacial score (nSPS) is 10.6. The molecule has 0 aliphatic heterocycles. The van der Waals surface area contributed by atoms with E-state index >= 15 is 0 Å². The van der Waals surface area contributed by atoms with Crippen LogP contribution in [-0.2, 0) is 6.54 Å². The number of nitriles is 1. The number of para-hydroxylation sites is 1. The molecule has 1 aromatic heterocycles. The van der Waals surface area contributed by atoms with Gasteiger partial charge in [0.1, 0.15) is 0 Å². The molecule has 0 atom stereocenters. The zero-order valence-electron chi connectivity index (χ0n) is 15.5. The molecule has 0 bridgehead atoms. The number of nitrogens with one attached hydrogen (secondary N) is 1. The van der Waals surface area contributed by atoms with Crippen LogP contribution in [0, 0.1) is 11.3 Å². The predicted octanol–water partition coefficient (Wildman–Crippen LogP) is 3.20. The molecule has 0 aliphatic carbocycles. The van der Waals surface area contributed by atoms with Gasteiger partial charge in [0.05, 0.1) is 29.3 Å². The highest BCUT2D eigenvalue weighted by atomic mass is 32.2. The fourth-order valence-corrected chi connectivity index (χ4v) is 3.44. The van der Waals surface area contributed by atoms with Crippen molar-refractivity contribution in [3.63, 3.8) is 0 Å². The van der Waals surface area contributed by atoms with Crippen molar-refractivity contribution in [2.45, 2.75) is 25.0 Å². The Labute approximate surface area is 167 Å². The molecule has 0 spiro atoms. The molecule has 2 aromatic carbocycles. The van der Waals surface area contributed by atoms with E-state index in [1.54, 1.807) is 28.8 Å². The summed E-state index contributed by atoms with van der Waals surface area (Å²) < 4.78 is 1.58. The highest BCUT2D eigenvalue weighted by Crippen LogP contribution is 2.18. The van der Waals surface area contributed by atoms with Gasteiger partial charge in [0, 0.05) is 12.1 Å². The van der Waals surface area contributed by atoms with E-state index in [9.17, 15) is 9.59 Å². The van der Waals surface area contributed by atoms with Crippen LogP contribution in [0.4, 0.5) is 0 Å². The Bertz CT molecular complexity index is 1080. The minimum atomic E-state index is -0.143. The number of hydrogen-bond acceptors (Lipinski definition) is 5. The average Bonchev–Trinajstić information content (AvgIpc) is 2.73. The molecule has 0 saturated heterocycles. The number of fused-ring (bicyclic) bond motifs is 1. The zero-order chi connectivity index (χ0) is 19.9. The van der Waals surface area contributed by atoms with Crippen LogP contribution in [-0.4, -0.2) is 27.8 Å². The molecule has 0 saturated carbocycles. The summed E-state index contributed by atoms with van der Waals surface area (Å²) in [5.41, 5.74) is 1.94. The number of hydrogen-bond donors (Lipinski definition) is 1. The van der Waals surface area contributed by atoms with E-state index in [2.05, 4.69) is 16.4 Å². The second-order valence-corrected chi connectivity index (χ2v) is 7.14. The highest BCUT2D eigenvalue weighted by Gasteiger charge is 2.12. The number of carbonyl (C=O) groups excluding carboxylic acids is 1. The van der Waals surface area contributed by atoms with E-state index in [0.717, 1.165) is 12.0 Å². The lowest BCUT2D eigenvalue weighted by atomic mass is 10.1. The van der Waals surface area contributed by atoms with Gasteiger partial charge in [-0.2, -0.15) is 5.26 Å². The molecule has 142 valence electrons. The highest BCUT2D eigenvalue weighted by molar-refractivity contribution is 7.99. The first-order chi connectivity index (χ1) is 13.6. The first-order valence-electron chi connectivity index (χ1n) is 9.00. The van der Waals surface area contributed by atoms with Gasteiger partial charge in [0.2, 0.25) is 0 Å². The second kappa shape index (κ2) is 9.20. The first-order valence-corrected chi connectivity index (χ1v) is 9.99. The topological polar surface area (TPSA) is 87.8 Å². The number of thioether (sulfide) groups is 1. The third-order valence-corrected chi connectivity index (χ3v) is 5.03. The van der Waals surface area contributed by atoms with Gasteiger partial charge < -0.3 is 5.32 Å².